The molecular weight excluding hydrogens is 855 g/mol. The van der Waals surface area contributed by atoms with E-state index in [0.717, 1.165) is 92.7 Å². The van der Waals surface area contributed by atoms with Gasteiger partial charge in [-0.3, -0.25) is 14.4 Å². The van der Waals surface area contributed by atoms with Crippen molar-refractivity contribution in [3.05, 3.63) is 113 Å². The van der Waals surface area contributed by atoms with E-state index < -0.39 is 35.4 Å². The number of rotatable bonds is 18. The molecule has 3 aromatic carbocycles. The lowest BCUT2D eigenvalue weighted by atomic mass is 9.85. The Balaban J connectivity index is 0.921. The molecular formula is C50H61N9O6S. The maximum absolute atomic E-state index is 14.2. The molecule has 0 bridgehead atoms. The molecule has 0 spiro atoms. The maximum atomic E-state index is 14.2. The number of thiazole rings is 1. The first-order chi connectivity index (χ1) is 31.6. The van der Waals surface area contributed by atoms with Crippen molar-refractivity contribution in [2.45, 2.75) is 105 Å². The van der Waals surface area contributed by atoms with Crippen LogP contribution in [0.1, 0.15) is 87.7 Å². The number of aryl methyl sites for hydroxylation is 4. The van der Waals surface area contributed by atoms with Crippen LogP contribution in [0.15, 0.2) is 89.4 Å². The molecule has 1 saturated heterocycles. The van der Waals surface area contributed by atoms with Gasteiger partial charge in [-0.05, 0) is 112 Å². The Morgan fingerprint density at radius 2 is 1.70 bits per heavy atom. The van der Waals surface area contributed by atoms with Gasteiger partial charge in [0.05, 0.1) is 39.6 Å². The van der Waals surface area contributed by atoms with E-state index in [1.165, 1.54) is 11.2 Å². The number of amides is 3. The molecule has 1 fully saturated rings. The highest BCUT2D eigenvalue weighted by Crippen LogP contribution is 2.36. The number of hydrogen-bond acceptors (Lipinski definition) is 12. The van der Waals surface area contributed by atoms with Gasteiger partial charge >= 0.3 is 0 Å². The van der Waals surface area contributed by atoms with E-state index >= 15 is 0 Å². The minimum atomic E-state index is -0.954. The van der Waals surface area contributed by atoms with Gasteiger partial charge in [0.25, 0.3) is 0 Å². The van der Waals surface area contributed by atoms with Crippen LogP contribution in [0.5, 0.6) is 0 Å². The summed E-state index contributed by atoms with van der Waals surface area (Å²) in [5.74, 6) is -0.438. The van der Waals surface area contributed by atoms with Gasteiger partial charge in [-0.15, -0.1) is 11.3 Å². The van der Waals surface area contributed by atoms with Crippen LogP contribution in [0.3, 0.4) is 0 Å². The summed E-state index contributed by atoms with van der Waals surface area (Å²) in [5, 5.41) is 25.1. The van der Waals surface area contributed by atoms with Gasteiger partial charge in [-0.2, -0.15) is 5.10 Å². The van der Waals surface area contributed by atoms with E-state index in [9.17, 15) is 19.5 Å². The van der Waals surface area contributed by atoms with Crippen LogP contribution in [0.25, 0.3) is 27.3 Å². The average molecular weight is 916 g/mol. The highest BCUT2D eigenvalue weighted by atomic mass is 32.1. The predicted octanol–water partition coefficient (Wildman–Crippen LogP) is 7.97. The SMILES string of the molecule is Cc1ccc(-c2c(C)noc2C)cc1N(CCCCCOCC(=O)NC(C(=O)N1C[C@H](O)C[C@H]1C(=O)NC(C)c1ccc(-c2scnc2C)cc1)C(C)(C)C)c1ccc(-n2cncn2)cc1. The minimum Gasteiger partial charge on any atom is -0.391 e. The molecule has 1 aliphatic heterocycles. The first kappa shape index (κ1) is 47.7. The number of likely N-dealkylation sites (tertiary alicyclic amines) is 1. The molecule has 15 nitrogen and oxygen atoms in total. The summed E-state index contributed by atoms with van der Waals surface area (Å²) >= 11 is 1.58. The quantitative estimate of drug-likeness (QED) is 0.0712. The largest absolute Gasteiger partial charge is 0.391 e. The number of benzene rings is 3. The van der Waals surface area contributed by atoms with Crippen molar-refractivity contribution in [3.8, 4) is 27.3 Å². The van der Waals surface area contributed by atoms with Crippen LogP contribution < -0.4 is 15.5 Å². The Bertz CT molecular complexity index is 2560. The Labute approximate surface area is 390 Å². The van der Waals surface area contributed by atoms with Crippen molar-refractivity contribution >= 4 is 40.4 Å². The first-order valence-corrected chi connectivity index (χ1v) is 23.4. The van der Waals surface area contributed by atoms with Gasteiger partial charge in [0.15, 0.2) is 0 Å². The van der Waals surface area contributed by atoms with Gasteiger partial charge in [0, 0.05) is 43.1 Å². The number of aromatic nitrogens is 5. The number of ether oxygens (including phenoxy) is 1. The topological polar surface area (TPSA) is 181 Å². The highest BCUT2D eigenvalue weighted by molar-refractivity contribution is 7.13. The number of aliphatic hydroxyl groups is 1. The van der Waals surface area contributed by atoms with Crippen molar-refractivity contribution < 1.29 is 28.8 Å². The standard InChI is InChI=1S/C50H61N9O6S/c1-31-12-13-38(45-33(3)56-65-35(45)5)24-42(31)57(39-18-20-40(21-19-39)59-29-51-28-53-59)22-10-9-11-23-64-27-44(61)55-47(50(6,7)8)49(63)58-26-41(60)25-43(58)48(62)54-32(2)36-14-16-37(17-15-36)46-34(4)52-30-66-46/h12-21,24,28-30,32,41,43,47,60H,9-11,22-23,25-27H2,1-8H3,(H,54,62)(H,55,61)/t32?,41-,43+,47?/m1/s1. The zero-order valence-corrected chi connectivity index (χ0v) is 39.9. The number of carbonyl (C=O) groups excluding carboxylic acids is 3. The number of unbranched alkanes of at least 4 members (excludes halogenated alkanes) is 2. The van der Waals surface area contributed by atoms with Crippen LogP contribution in [-0.4, -0.2) is 97.1 Å². The molecule has 6 aromatic rings. The predicted molar refractivity (Wildman–Crippen MR) is 256 cm³/mol. The number of anilines is 2. The fourth-order valence-corrected chi connectivity index (χ4v) is 9.31. The molecule has 16 heteroatoms. The number of aliphatic hydroxyl groups excluding tert-OH is 1. The van der Waals surface area contributed by atoms with Gasteiger partial charge < -0.3 is 34.8 Å². The number of β-amino-alcohol motifs (C(OH)–C–C–N with tert-alkyl or cyclic N) is 1. The Kier molecular flexibility index (Phi) is 15.1. The third-order valence-electron chi connectivity index (χ3n) is 12.1. The van der Waals surface area contributed by atoms with E-state index in [4.69, 9.17) is 9.26 Å². The maximum Gasteiger partial charge on any atom is 0.246 e. The smallest absolute Gasteiger partial charge is 0.246 e. The molecule has 0 saturated carbocycles. The van der Waals surface area contributed by atoms with Gasteiger partial charge in [0.1, 0.15) is 37.1 Å². The van der Waals surface area contributed by atoms with Gasteiger partial charge in [-0.1, -0.05) is 62.3 Å². The summed E-state index contributed by atoms with van der Waals surface area (Å²) in [6.45, 7) is 16.3. The molecule has 4 atom stereocenters. The molecule has 66 heavy (non-hydrogen) atoms. The van der Waals surface area contributed by atoms with Crippen LogP contribution in [-0.2, 0) is 19.1 Å². The molecule has 3 aromatic heterocycles. The van der Waals surface area contributed by atoms with Crippen LogP contribution in [0.4, 0.5) is 11.4 Å². The summed E-state index contributed by atoms with van der Waals surface area (Å²) in [5.41, 5.74) is 11.1. The second-order valence-electron chi connectivity index (χ2n) is 18.2. The molecule has 7 rings (SSSR count). The molecule has 3 amide bonds. The molecule has 1 aliphatic rings. The zero-order valence-electron chi connectivity index (χ0n) is 39.1. The van der Waals surface area contributed by atoms with E-state index in [2.05, 4.69) is 73.0 Å². The van der Waals surface area contributed by atoms with E-state index in [0.29, 0.717) is 6.61 Å². The molecule has 2 unspecified atom stereocenters. The summed E-state index contributed by atoms with van der Waals surface area (Å²) in [7, 11) is 0. The van der Waals surface area contributed by atoms with Crippen LogP contribution in [0, 0.1) is 33.1 Å². The Hall–Kier alpha value is -6.23. The monoisotopic (exact) mass is 915 g/mol. The van der Waals surface area contributed by atoms with Crippen molar-refractivity contribution in [1.29, 1.82) is 0 Å². The zero-order chi connectivity index (χ0) is 47.1. The van der Waals surface area contributed by atoms with Crippen molar-refractivity contribution in [3.63, 3.8) is 0 Å². The van der Waals surface area contributed by atoms with Crippen LogP contribution in [0.2, 0.25) is 0 Å². The van der Waals surface area contributed by atoms with E-state index in [1.807, 2.05) is 90.4 Å². The molecule has 348 valence electrons. The second kappa shape index (κ2) is 20.9. The third kappa shape index (κ3) is 11.2. The summed E-state index contributed by atoms with van der Waals surface area (Å²) in [6, 6.07) is 20.4. The lowest BCUT2D eigenvalue weighted by Gasteiger charge is -2.35. The highest BCUT2D eigenvalue weighted by Gasteiger charge is 2.44. The van der Waals surface area contributed by atoms with Crippen molar-refractivity contribution in [2.24, 2.45) is 5.41 Å². The van der Waals surface area contributed by atoms with Crippen molar-refractivity contribution in [1.82, 2.24) is 40.4 Å². The molecule has 3 N–H and O–H groups in total. The minimum absolute atomic E-state index is 0.00884. The van der Waals surface area contributed by atoms with Gasteiger partial charge in [0.2, 0.25) is 17.7 Å². The molecule has 4 heterocycles. The molecule has 0 radical (unpaired) electrons. The Morgan fingerprint density at radius 1 is 0.955 bits per heavy atom. The van der Waals surface area contributed by atoms with E-state index in [1.54, 1.807) is 22.3 Å². The second-order valence-corrected chi connectivity index (χ2v) is 19.1. The van der Waals surface area contributed by atoms with Gasteiger partial charge in [-0.25, -0.2) is 14.6 Å². The normalized spacial score (nSPS) is 16.0. The molecule has 0 aliphatic carbocycles. The lowest BCUT2D eigenvalue weighted by molar-refractivity contribution is -0.144. The number of carbonyl (C=O) groups is 3. The Morgan fingerprint density at radius 3 is 2.35 bits per heavy atom. The van der Waals surface area contributed by atoms with E-state index in [-0.39, 0.29) is 31.5 Å². The number of nitrogens with one attached hydrogen (secondary N) is 2. The summed E-state index contributed by atoms with van der Waals surface area (Å²) < 4.78 is 13.1. The summed E-state index contributed by atoms with van der Waals surface area (Å²) in [6.07, 6.45) is 4.83. The lowest BCUT2D eigenvalue weighted by Crippen LogP contribution is -2.58. The number of nitrogens with zero attached hydrogens (tertiary/aromatic N) is 7. The number of hydrogen-bond donors (Lipinski definition) is 3. The first-order valence-electron chi connectivity index (χ1n) is 22.5. The fraction of sp³-hybridized carbons (Fsp3) is 0.420. The fourth-order valence-electron chi connectivity index (χ4n) is 8.50. The average Bonchev–Trinajstić information content (AvgIpc) is 4.13. The van der Waals surface area contributed by atoms with Crippen LogP contribution >= 0.6 is 11.3 Å². The van der Waals surface area contributed by atoms with Crippen molar-refractivity contribution in [2.75, 3.05) is 31.2 Å². The summed E-state index contributed by atoms with van der Waals surface area (Å²) in [4.78, 5) is 54.5. The third-order valence-corrected chi connectivity index (χ3v) is 13.1.